The molecule has 0 fully saturated rings. The predicted molar refractivity (Wildman–Crippen MR) is 143 cm³/mol. The molecular weight excluding hydrogens is 566 g/mol. The number of aliphatic imine (C=N–C) groups is 2. The molecule has 0 saturated carbocycles. The zero-order valence-corrected chi connectivity index (χ0v) is 23.4. The number of nitriles is 1. The third-order valence-corrected chi connectivity index (χ3v) is 5.68. The second-order valence-electron chi connectivity index (χ2n) is 8.91. The van der Waals surface area contributed by atoms with Gasteiger partial charge in [-0.2, -0.15) is 9.98 Å². The van der Waals surface area contributed by atoms with Gasteiger partial charge in [-0.3, -0.25) is 0 Å². The summed E-state index contributed by atoms with van der Waals surface area (Å²) in [5.41, 5.74) is 2.24. The van der Waals surface area contributed by atoms with Crippen LogP contribution < -0.4 is 4.74 Å². The van der Waals surface area contributed by atoms with Crippen LogP contribution in [0.2, 0.25) is 0 Å². The number of esters is 4. The summed E-state index contributed by atoms with van der Waals surface area (Å²) >= 11 is 0. The van der Waals surface area contributed by atoms with E-state index < -0.39 is 55.0 Å². The summed E-state index contributed by atoms with van der Waals surface area (Å²) in [4.78, 5) is 77.9. The number of isocyanates is 2. The molecule has 0 heterocycles. The van der Waals surface area contributed by atoms with Gasteiger partial charge in [0.25, 0.3) is 6.26 Å². The number of carbonyl (C=O) groups excluding carboxylic acids is 6. The van der Waals surface area contributed by atoms with Crippen LogP contribution >= 0.6 is 0 Å². The lowest BCUT2D eigenvalue weighted by Gasteiger charge is -2.17. The summed E-state index contributed by atoms with van der Waals surface area (Å²) in [6, 6.07) is 10.6. The van der Waals surface area contributed by atoms with Crippen molar-refractivity contribution in [1.29, 1.82) is 5.26 Å². The van der Waals surface area contributed by atoms with Crippen molar-refractivity contribution in [2.75, 3.05) is 6.79 Å². The summed E-state index contributed by atoms with van der Waals surface area (Å²) in [7, 11) is 0. The van der Waals surface area contributed by atoms with Gasteiger partial charge in [0.05, 0.1) is 0 Å². The van der Waals surface area contributed by atoms with Crippen molar-refractivity contribution < 1.29 is 52.5 Å². The molecule has 14 nitrogen and oxygen atoms in total. The van der Waals surface area contributed by atoms with Crippen LogP contribution in [-0.2, 0) is 60.6 Å². The Morgan fingerprint density at radius 3 is 1.53 bits per heavy atom. The molecule has 224 valence electrons. The zero-order valence-electron chi connectivity index (χ0n) is 23.4. The van der Waals surface area contributed by atoms with E-state index >= 15 is 0 Å². The van der Waals surface area contributed by atoms with E-state index in [0.717, 1.165) is 5.56 Å². The molecule has 0 amide bonds. The van der Waals surface area contributed by atoms with E-state index in [2.05, 4.69) is 14.7 Å². The van der Waals surface area contributed by atoms with E-state index in [-0.39, 0.29) is 18.6 Å². The maximum atomic E-state index is 12.5. The Morgan fingerprint density at radius 2 is 1.14 bits per heavy atom. The summed E-state index contributed by atoms with van der Waals surface area (Å²) < 4.78 is 24.3. The number of hydrogen-bond donors (Lipinski definition) is 0. The number of benzene rings is 2. The molecule has 43 heavy (non-hydrogen) atoms. The van der Waals surface area contributed by atoms with Crippen LogP contribution in [0.25, 0.3) is 0 Å². The average molecular weight is 594 g/mol. The molecule has 2 rings (SSSR count). The first kappa shape index (κ1) is 33.6. The maximum Gasteiger partial charge on any atom is 0.350 e. The Bertz CT molecular complexity index is 1420. The number of aryl methyl sites for hydroxylation is 1. The first-order valence-electron chi connectivity index (χ1n) is 12.7. The number of hydrogen-bond acceptors (Lipinski definition) is 14. The molecule has 2 aromatic carbocycles. The predicted octanol–water partition coefficient (Wildman–Crippen LogP) is 1.96. The molecule has 2 aromatic rings. The van der Waals surface area contributed by atoms with E-state index in [1.165, 1.54) is 56.5 Å². The van der Waals surface area contributed by atoms with E-state index in [1.54, 1.807) is 12.1 Å². The van der Waals surface area contributed by atoms with Crippen molar-refractivity contribution >= 4 is 36.0 Å². The van der Waals surface area contributed by atoms with Gasteiger partial charge in [0.15, 0.2) is 24.3 Å². The second-order valence-corrected chi connectivity index (χ2v) is 8.91. The van der Waals surface area contributed by atoms with E-state index in [1.807, 2.05) is 19.1 Å². The van der Waals surface area contributed by atoms with Crippen molar-refractivity contribution in [2.45, 2.75) is 57.9 Å². The fourth-order valence-corrected chi connectivity index (χ4v) is 3.39. The Morgan fingerprint density at radius 1 is 0.721 bits per heavy atom. The molecule has 0 aliphatic rings. The first-order valence-corrected chi connectivity index (χ1v) is 12.7. The van der Waals surface area contributed by atoms with Gasteiger partial charge in [0.2, 0.25) is 19.0 Å². The topological polar surface area (TPSA) is 197 Å². The summed E-state index contributed by atoms with van der Waals surface area (Å²) in [6.07, 6.45) is 1.14. The minimum absolute atomic E-state index is 0.0347. The lowest BCUT2D eigenvalue weighted by molar-refractivity contribution is -0.185. The second kappa shape index (κ2) is 17.2. The quantitative estimate of drug-likeness (QED) is 0.0728. The number of rotatable bonds is 15. The number of nitrogens with zero attached hydrogens (tertiary/aromatic N) is 3. The van der Waals surface area contributed by atoms with Crippen molar-refractivity contribution in [1.82, 2.24) is 0 Å². The minimum atomic E-state index is -1.47. The van der Waals surface area contributed by atoms with Crippen LogP contribution in [0.1, 0.15) is 30.5 Å². The summed E-state index contributed by atoms with van der Waals surface area (Å²) in [5, 5.41) is 8.54. The highest BCUT2D eigenvalue weighted by atomic mass is 16.7. The van der Waals surface area contributed by atoms with Gasteiger partial charge < -0.3 is 23.7 Å². The van der Waals surface area contributed by atoms with Crippen molar-refractivity contribution in [3.63, 3.8) is 0 Å². The van der Waals surface area contributed by atoms with Gasteiger partial charge in [-0.15, -0.1) is 5.26 Å². The first-order chi connectivity index (χ1) is 20.6. The van der Waals surface area contributed by atoms with Gasteiger partial charge in [-0.25, -0.2) is 28.8 Å². The van der Waals surface area contributed by atoms with Crippen molar-refractivity contribution in [2.24, 2.45) is 9.98 Å². The van der Waals surface area contributed by atoms with Gasteiger partial charge in [0.1, 0.15) is 5.75 Å². The van der Waals surface area contributed by atoms with Crippen LogP contribution in [0.3, 0.4) is 0 Å². The van der Waals surface area contributed by atoms with E-state index in [4.69, 9.17) is 24.2 Å². The highest BCUT2D eigenvalue weighted by molar-refractivity contribution is 5.83. The number of carbonyl (C=O) groups is 4. The molecular formula is C29H27N3O11. The highest BCUT2D eigenvalue weighted by Crippen LogP contribution is 2.15. The van der Waals surface area contributed by atoms with Gasteiger partial charge in [-0.1, -0.05) is 42.0 Å². The zero-order chi connectivity index (χ0) is 31.8. The van der Waals surface area contributed by atoms with Crippen LogP contribution in [0.5, 0.6) is 5.75 Å². The molecule has 0 spiro atoms. The van der Waals surface area contributed by atoms with Crippen molar-refractivity contribution in [3.05, 3.63) is 65.2 Å². The smallest absolute Gasteiger partial charge is 0.350 e. The normalized spacial score (nSPS) is 12.8. The molecule has 0 aliphatic carbocycles. The summed E-state index contributed by atoms with van der Waals surface area (Å²) in [5.74, 6) is -3.88. The SMILES string of the molecule is Cc1ccc(CC(N=C=O)C(=O)OC(C)C(=O)OCOC(=O)C(C)OC(=O)C(Cc2ccc(OC#N)cc2)N=C=O)cc1. The Hall–Kier alpha value is -5.63. The van der Waals surface area contributed by atoms with E-state index in [0.29, 0.717) is 11.1 Å². The third-order valence-electron chi connectivity index (χ3n) is 5.68. The molecule has 14 heteroatoms. The molecule has 0 radical (unpaired) electrons. The highest BCUT2D eigenvalue weighted by Gasteiger charge is 2.28. The standard InChI is InChI=1S/C29H27N3O11/c1-18-4-6-21(7-5-18)12-24(31-15-33)28(37)42-19(2)26(35)40-17-41-27(36)20(3)43-29(38)25(32-16-34)13-22-8-10-23(11-9-22)39-14-30/h4-11,19-20,24-25H,12-13,17H2,1-3H3. The monoisotopic (exact) mass is 593 g/mol. The van der Waals surface area contributed by atoms with Crippen LogP contribution in [0.4, 0.5) is 0 Å². The molecule has 0 N–H and O–H groups in total. The molecule has 0 aromatic heterocycles. The van der Waals surface area contributed by atoms with Gasteiger partial charge >= 0.3 is 23.9 Å². The fraction of sp³-hybridized carbons (Fsp3) is 0.345. The maximum absolute atomic E-state index is 12.5. The van der Waals surface area contributed by atoms with Crippen LogP contribution in [-0.4, -0.2) is 67.1 Å². The molecule has 0 aliphatic heterocycles. The molecule has 4 unspecified atom stereocenters. The minimum Gasteiger partial charge on any atom is -0.449 e. The van der Waals surface area contributed by atoms with Gasteiger partial charge in [-0.05, 0) is 44.0 Å². The molecule has 0 saturated heterocycles. The van der Waals surface area contributed by atoms with Crippen LogP contribution in [0.15, 0.2) is 58.5 Å². The van der Waals surface area contributed by atoms with Crippen molar-refractivity contribution in [3.8, 4) is 12.0 Å². The Balaban J connectivity index is 1.83. The lowest BCUT2D eigenvalue weighted by atomic mass is 10.0. The molecule has 0 bridgehead atoms. The van der Waals surface area contributed by atoms with E-state index in [9.17, 15) is 28.8 Å². The van der Waals surface area contributed by atoms with Gasteiger partial charge in [0, 0.05) is 12.8 Å². The molecule has 4 atom stereocenters. The number of ether oxygens (including phenoxy) is 5. The van der Waals surface area contributed by atoms with Crippen LogP contribution in [0, 0.1) is 18.4 Å². The third kappa shape index (κ3) is 11.4. The Labute approximate surface area is 245 Å². The lowest BCUT2D eigenvalue weighted by Crippen LogP contribution is -2.34. The summed E-state index contributed by atoms with van der Waals surface area (Å²) in [6.45, 7) is 3.38. The Kier molecular flexibility index (Phi) is 13.5. The fourth-order valence-electron chi connectivity index (χ4n) is 3.39. The largest absolute Gasteiger partial charge is 0.449 e. The average Bonchev–Trinajstić information content (AvgIpc) is 2.98.